The summed E-state index contributed by atoms with van der Waals surface area (Å²) >= 11 is 0. The SMILES string of the molecule is CNC(=O)/C(=N/OC)c1cccc(C)c1CO/N=C(\C)c1cc(C(F)(F)F)cc(F)c1F. The van der Waals surface area contributed by atoms with Crippen LogP contribution in [0, 0.1) is 18.6 Å². The van der Waals surface area contributed by atoms with Gasteiger partial charge in [-0.3, -0.25) is 4.79 Å². The number of carbonyl (C=O) groups is 1. The van der Waals surface area contributed by atoms with Gasteiger partial charge in [0.2, 0.25) is 0 Å². The lowest BCUT2D eigenvalue weighted by Gasteiger charge is -2.13. The number of amides is 1. The molecule has 0 aliphatic carbocycles. The van der Waals surface area contributed by atoms with Gasteiger partial charge in [0, 0.05) is 23.7 Å². The van der Waals surface area contributed by atoms with Gasteiger partial charge in [-0.05, 0) is 31.5 Å². The third-order valence-corrected chi connectivity index (χ3v) is 4.45. The molecule has 2 aromatic rings. The van der Waals surface area contributed by atoms with Crippen LogP contribution < -0.4 is 5.32 Å². The van der Waals surface area contributed by atoms with E-state index in [9.17, 15) is 26.7 Å². The number of halogens is 5. The molecule has 0 saturated carbocycles. The van der Waals surface area contributed by atoms with Crippen LogP contribution in [-0.4, -0.2) is 31.5 Å². The zero-order valence-electron chi connectivity index (χ0n) is 17.6. The second-order valence-electron chi connectivity index (χ2n) is 6.57. The Hall–Kier alpha value is -3.50. The summed E-state index contributed by atoms with van der Waals surface area (Å²) in [4.78, 5) is 22.1. The van der Waals surface area contributed by atoms with Crippen molar-refractivity contribution in [2.24, 2.45) is 10.3 Å². The normalized spacial score (nSPS) is 12.5. The van der Waals surface area contributed by atoms with Gasteiger partial charge in [0.15, 0.2) is 17.3 Å². The minimum Gasteiger partial charge on any atom is -0.398 e. The highest BCUT2D eigenvalue weighted by atomic mass is 19.4. The number of benzene rings is 2. The van der Waals surface area contributed by atoms with Crippen LogP contribution in [0.15, 0.2) is 40.6 Å². The Labute approximate surface area is 180 Å². The van der Waals surface area contributed by atoms with Gasteiger partial charge >= 0.3 is 6.18 Å². The van der Waals surface area contributed by atoms with Gasteiger partial charge in [-0.2, -0.15) is 13.2 Å². The lowest BCUT2D eigenvalue weighted by atomic mass is 9.98. The van der Waals surface area contributed by atoms with Gasteiger partial charge in [0.05, 0.1) is 11.3 Å². The average Bonchev–Trinajstić information content (AvgIpc) is 2.73. The largest absolute Gasteiger partial charge is 0.416 e. The van der Waals surface area contributed by atoms with Crippen molar-refractivity contribution in [1.29, 1.82) is 0 Å². The van der Waals surface area contributed by atoms with Crippen molar-refractivity contribution < 1.29 is 36.4 Å². The van der Waals surface area contributed by atoms with Crippen molar-refractivity contribution in [2.45, 2.75) is 26.6 Å². The van der Waals surface area contributed by atoms with Gasteiger partial charge < -0.3 is 15.0 Å². The quantitative estimate of drug-likeness (QED) is 0.382. The molecule has 0 aliphatic rings. The number of hydrogen-bond acceptors (Lipinski definition) is 5. The number of alkyl halides is 3. The average molecular weight is 457 g/mol. The fourth-order valence-corrected chi connectivity index (χ4v) is 2.80. The van der Waals surface area contributed by atoms with Crippen molar-refractivity contribution in [2.75, 3.05) is 14.2 Å². The molecular weight excluding hydrogens is 437 g/mol. The summed E-state index contributed by atoms with van der Waals surface area (Å²) in [5.41, 5.74) is -0.833. The molecule has 0 atom stereocenters. The zero-order chi connectivity index (χ0) is 24.1. The van der Waals surface area contributed by atoms with Crippen molar-refractivity contribution >= 4 is 17.3 Å². The first-order valence-electron chi connectivity index (χ1n) is 9.16. The molecule has 0 radical (unpaired) electrons. The molecule has 6 nitrogen and oxygen atoms in total. The molecule has 172 valence electrons. The highest BCUT2D eigenvalue weighted by Crippen LogP contribution is 2.31. The summed E-state index contributed by atoms with van der Waals surface area (Å²) in [7, 11) is 2.68. The molecule has 0 fully saturated rings. The maximum Gasteiger partial charge on any atom is 0.416 e. The van der Waals surface area contributed by atoms with E-state index in [0.717, 1.165) is 0 Å². The van der Waals surface area contributed by atoms with E-state index in [4.69, 9.17) is 9.68 Å². The molecule has 0 unspecified atom stereocenters. The first-order chi connectivity index (χ1) is 15.0. The number of hydrogen-bond donors (Lipinski definition) is 1. The number of nitrogens with one attached hydrogen (secondary N) is 1. The number of nitrogens with zero attached hydrogens (tertiary/aromatic N) is 2. The first kappa shape index (κ1) is 24.8. The van der Waals surface area contributed by atoms with Crippen LogP contribution in [0.4, 0.5) is 22.0 Å². The Morgan fingerprint density at radius 2 is 1.81 bits per heavy atom. The molecule has 1 amide bonds. The summed E-state index contributed by atoms with van der Waals surface area (Å²) < 4.78 is 66.5. The fourth-order valence-electron chi connectivity index (χ4n) is 2.80. The van der Waals surface area contributed by atoms with Crippen LogP contribution in [0.2, 0.25) is 0 Å². The lowest BCUT2D eigenvalue weighted by molar-refractivity contribution is -0.137. The van der Waals surface area contributed by atoms with Gasteiger partial charge in [-0.25, -0.2) is 8.78 Å². The smallest absolute Gasteiger partial charge is 0.398 e. The minimum absolute atomic E-state index is 0.0380. The van der Waals surface area contributed by atoms with E-state index in [1.807, 2.05) is 0 Å². The third-order valence-electron chi connectivity index (χ3n) is 4.45. The predicted molar refractivity (Wildman–Crippen MR) is 107 cm³/mol. The summed E-state index contributed by atoms with van der Waals surface area (Å²) in [6.07, 6.45) is -4.86. The van der Waals surface area contributed by atoms with Gasteiger partial charge in [-0.1, -0.05) is 28.5 Å². The van der Waals surface area contributed by atoms with Crippen molar-refractivity contribution in [1.82, 2.24) is 5.32 Å². The molecule has 0 bridgehead atoms. The van der Waals surface area contributed by atoms with Crippen LogP contribution in [0.3, 0.4) is 0 Å². The molecule has 32 heavy (non-hydrogen) atoms. The maximum absolute atomic E-state index is 14.1. The topological polar surface area (TPSA) is 72.3 Å². The lowest BCUT2D eigenvalue weighted by Crippen LogP contribution is -2.29. The second kappa shape index (κ2) is 10.2. The highest BCUT2D eigenvalue weighted by Gasteiger charge is 2.33. The second-order valence-corrected chi connectivity index (χ2v) is 6.57. The Balaban J connectivity index is 2.38. The standard InChI is InChI=1S/C21H20F5N3O3/c1-11-6-5-7-14(19(29-31-4)20(30)27-3)16(11)10-32-28-12(2)15-8-13(21(24,25)26)9-17(22)18(15)23/h5-9H,10H2,1-4H3,(H,27,30)/b28-12+,29-19+. The summed E-state index contributed by atoms with van der Waals surface area (Å²) in [6.45, 7) is 2.68. The van der Waals surface area contributed by atoms with E-state index >= 15 is 0 Å². The summed E-state index contributed by atoms with van der Waals surface area (Å²) in [6, 6.07) is 5.53. The van der Waals surface area contributed by atoms with E-state index in [1.54, 1.807) is 25.1 Å². The first-order valence-corrected chi connectivity index (χ1v) is 9.16. The third kappa shape index (κ3) is 5.59. The summed E-state index contributed by atoms with van der Waals surface area (Å²) in [5, 5.41) is 9.80. The fraction of sp³-hybridized carbons (Fsp3) is 0.286. The molecule has 0 spiro atoms. The Morgan fingerprint density at radius 1 is 1.12 bits per heavy atom. The number of rotatable bonds is 7. The van der Waals surface area contributed by atoms with E-state index < -0.39 is 34.8 Å². The van der Waals surface area contributed by atoms with E-state index in [1.165, 1.54) is 21.1 Å². The molecule has 11 heteroatoms. The monoisotopic (exact) mass is 457 g/mol. The van der Waals surface area contributed by atoms with Crippen molar-refractivity contribution in [3.8, 4) is 0 Å². The molecule has 1 N–H and O–H groups in total. The predicted octanol–water partition coefficient (Wildman–Crippen LogP) is 4.33. The van der Waals surface area contributed by atoms with Crippen LogP contribution in [0.25, 0.3) is 0 Å². The Morgan fingerprint density at radius 3 is 2.41 bits per heavy atom. The van der Waals surface area contributed by atoms with Crippen molar-refractivity contribution in [3.63, 3.8) is 0 Å². The van der Waals surface area contributed by atoms with Crippen LogP contribution in [0.5, 0.6) is 0 Å². The van der Waals surface area contributed by atoms with E-state index in [2.05, 4.69) is 15.6 Å². The number of carbonyl (C=O) groups excluding carboxylic acids is 1. The van der Waals surface area contributed by atoms with Crippen LogP contribution in [0.1, 0.15) is 34.7 Å². The van der Waals surface area contributed by atoms with Gasteiger partial charge in [0.25, 0.3) is 5.91 Å². The molecule has 0 aliphatic heterocycles. The molecule has 2 aromatic carbocycles. The van der Waals surface area contributed by atoms with Crippen molar-refractivity contribution in [3.05, 3.63) is 69.8 Å². The maximum atomic E-state index is 14.1. The minimum atomic E-state index is -4.86. The zero-order valence-corrected chi connectivity index (χ0v) is 17.6. The van der Waals surface area contributed by atoms with E-state index in [0.29, 0.717) is 22.8 Å². The van der Waals surface area contributed by atoms with Gasteiger partial charge in [0.1, 0.15) is 13.7 Å². The summed E-state index contributed by atoms with van der Waals surface area (Å²) in [5.74, 6) is -3.66. The molecule has 0 saturated heterocycles. The number of oxime groups is 2. The highest BCUT2D eigenvalue weighted by molar-refractivity contribution is 6.45. The molecule has 0 aromatic heterocycles. The number of likely N-dealkylation sites (N-methyl/N-ethyl adjacent to an activating group) is 1. The molecular formula is C21H20F5N3O3. The molecule has 2 rings (SSSR count). The van der Waals surface area contributed by atoms with Gasteiger partial charge in [-0.15, -0.1) is 0 Å². The van der Waals surface area contributed by atoms with Crippen LogP contribution in [-0.2, 0) is 27.3 Å². The van der Waals surface area contributed by atoms with E-state index in [-0.39, 0.29) is 24.1 Å². The number of aryl methyl sites for hydroxylation is 1. The Bertz CT molecular complexity index is 1070. The Kier molecular flexibility index (Phi) is 7.90. The van der Waals surface area contributed by atoms with Crippen LogP contribution >= 0.6 is 0 Å². The molecule has 0 heterocycles.